The molecule has 27 heavy (non-hydrogen) atoms. The highest BCUT2D eigenvalue weighted by Crippen LogP contribution is 2.22. The van der Waals surface area contributed by atoms with Gasteiger partial charge in [-0.25, -0.2) is 4.98 Å². The van der Waals surface area contributed by atoms with Gasteiger partial charge in [-0.2, -0.15) is 0 Å². The zero-order valence-electron chi connectivity index (χ0n) is 15.6. The lowest BCUT2D eigenvalue weighted by molar-refractivity contribution is 0.0651. The molecule has 2 aromatic carbocycles. The average Bonchev–Trinajstić information content (AvgIpc) is 3.03. The number of fused-ring (bicyclic) bond motifs is 1. The number of aliphatic hydroxyl groups excluding tert-OH is 1. The van der Waals surface area contributed by atoms with Gasteiger partial charge in [-0.3, -0.25) is 4.79 Å². The van der Waals surface area contributed by atoms with Gasteiger partial charge in [0.1, 0.15) is 5.82 Å². The second kappa shape index (κ2) is 7.53. The Morgan fingerprint density at radius 1 is 1.15 bits per heavy atom. The summed E-state index contributed by atoms with van der Waals surface area (Å²) in [5, 5.41) is 9.27. The molecule has 4 rings (SSSR count). The summed E-state index contributed by atoms with van der Waals surface area (Å²) in [6.07, 6.45) is 2.51. The zero-order chi connectivity index (χ0) is 18.8. The second-order valence-electron chi connectivity index (χ2n) is 7.37. The Labute approximate surface area is 159 Å². The molecule has 1 aliphatic rings. The van der Waals surface area contributed by atoms with Crippen LogP contribution >= 0.6 is 0 Å². The molecular weight excluding hydrogens is 338 g/mol. The Hall–Kier alpha value is -2.66. The van der Waals surface area contributed by atoms with E-state index < -0.39 is 0 Å². The summed E-state index contributed by atoms with van der Waals surface area (Å²) in [6, 6.07) is 16.1. The molecule has 0 bridgehead atoms. The first-order chi connectivity index (χ1) is 13.2. The van der Waals surface area contributed by atoms with Gasteiger partial charge in [-0.1, -0.05) is 30.3 Å². The van der Waals surface area contributed by atoms with Crippen molar-refractivity contribution in [1.82, 2.24) is 14.5 Å². The molecule has 1 N–H and O–H groups in total. The number of aryl methyl sites for hydroxylation is 1. The standard InChI is InChI=1S/C22H25N3O2/c1-24-20-8-7-18(22(27)25-11-9-17(15-26)10-12-25)14-19(20)23-21(24)13-16-5-3-2-4-6-16/h2-8,14,17,26H,9-13,15H2,1H3. The Kier molecular flexibility index (Phi) is 4.94. The highest BCUT2D eigenvalue weighted by molar-refractivity contribution is 5.97. The van der Waals surface area contributed by atoms with Crippen LogP contribution in [0, 0.1) is 5.92 Å². The molecule has 2 heterocycles. The fraction of sp³-hybridized carbons (Fsp3) is 0.364. The number of nitrogens with zero attached hydrogens (tertiary/aromatic N) is 3. The number of piperidine rings is 1. The maximum Gasteiger partial charge on any atom is 0.253 e. The summed E-state index contributed by atoms with van der Waals surface area (Å²) in [6.45, 7) is 1.64. The Balaban J connectivity index is 1.56. The van der Waals surface area contributed by atoms with Gasteiger partial charge >= 0.3 is 0 Å². The van der Waals surface area contributed by atoms with Crippen LogP contribution in [0.2, 0.25) is 0 Å². The van der Waals surface area contributed by atoms with Crippen molar-refractivity contribution < 1.29 is 9.90 Å². The van der Waals surface area contributed by atoms with Crippen molar-refractivity contribution in [3.63, 3.8) is 0 Å². The predicted molar refractivity (Wildman–Crippen MR) is 106 cm³/mol. The summed E-state index contributed by atoms with van der Waals surface area (Å²) in [7, 11) is 2.02. The molecule has 0 atom stereocenters. The van der Waals surface area contributed by atoms with Crippen LogP contribution in [-0.2, 0) is 13.5 Å². The van der Waals surface area contributed by atoms with Crippen LogP contribution < -0.4 is 0 Å². The molecule has 3 aromatic rings. The van der Waals surface area contributed by atoms with Crippen molar-refractivity contribution in [1.29, 1.82) is 0 Å². The number of carbonyl (C=O) groups excluding carboxylic acids is 1. The van der Waals surface area contributed by atoms with E-state index in [1.165, 1.54) is 5.56 Å². The third-order valence-electron chi connectivity index (χ3n) is 5.59. The van der Waals surface area contributed by atoms with E-state index in [0.29, 0.717) is 24.6 Å². The number of benzene rings is 2. The van der Waals surface area contributed by atoms with Crippen LogP contribution in [0.1, 0.15) is 34.6 Å². The van der Waals surface area contributed by atoms with Crippen LogP contribution in [0.5, 0.6) is 0 Å². The van der Waals surface area contributed by atoms with Crippen LogP contribution in [0.3, 0.4) is 0 Å². The van der Waals surface area contributed by atoms with E-state index >= 15 is 0 Å². The van der Waals surface area contributed by atoms with Gasteiger partial charge in [0.05, 0.1) is 11.0 Å². The SMILES string of the molecule is Cn1c(Cc2ccccc2)nc2cc(C(=O)N3CCC(CO)CC3)ccc21. The predicted octanol–water partition coefficient (Wildman–Crippen LogP) is 3.01. The number of carbonyl (C=O) groups is 1. The van der Waals surface area contributed by atoms with Gasteiger partial charge < -0.3 is 14.6 Å². The fourth-order valence-corrected chi connectivity index (χ4v) is 3.82. The summed E-state index contributed by atoms with van der Waals surface area (Å²) in [5.41, 5.74) is 3.81. The third-order valence-corrected chi connectivity index (χ3v) is 5.59. The number of hydrogen-bond donors (Lipinski definition) is 1. The van der Waals surface area contributed by atoms with Crippen molar-refractivity contribution in [3.8, 4) is 0 Å². The molecule has 1 fully saturated rings. The van der Waals surface area contributed by atoms with Crippen LogP contribution in [0.4, 0.5) is 0 Å². The highest BCUT2D eigenvalue weighted by atomic mass is 16.3. The van der Waals surface area contributed by atoms with E-state index in [0.717, 1.165) is 36.1 Å². The minimum atomic E-state index is 0.0588. The second-order valence-corrected chi connectivity index (χ2v) is 7.37. The monoisotopic (exact) mass is 363 g/mol. The topological polar surface area (TPSA) is 58.4 Å². The number of aromatic nitrogens is 2. The van der Waals surface area contributed by atoms with Crippen molar-refractivity contribution in [3.05, 3.63) is 65.5 Å². The van der Waals surface area contributed by atoms with E-state index in [4.69, 9.17) is 4.98 Å². The van der Waals surface area contributed by atoms with Crippen molar-refractivity contribution in [2.45, 2.75) is 19.3 Å². The molecule has 1 saturated heterocycles. The lowest BCUT2D eigenvalue weighted by atomic mass is 9.97. The summed E-state index contributed by atoms with van der Waals surface area (Å²) in [5.74, 6) is 1.38. The molecule has 0 saturated carbocycles. The molecule has 0 unspecified atom stereocenters. The quantitative estimate of drug-likeness (QED) is 0.775. The first-order valence-corrected chi connectivity index (χ1v) is 9.55. The maximum atomic E-state index is 12.9. The molecule has 5 nitrogen and oxygen atoms in total. The largest absolute Gasteiger partial charge is 0.396 e. The van der Waals surface area contributed by atoms with Gasteiger partial charge in [0.25, 0.3) is 5.91 Å². The highest BCUT2D eigenvalue weighted by Gasteiger charge is 2.23. The van der Waals surface area contributed by atoms with Gasteiger partial charge in [0.2, 0.25) is 0 Å². The number of amides is 1. The van der Waals surface area contributed by atoms with E-state index in [9.17, 15) is 9.90 Å². The van der Waals surface area contributed by atoms with Crippen molar-refractivity contribution in [2.24, 2.45) is 13.0 Å². The number of rotatable bonds is 4. The van der Waals surface area contributed by atoms with E-state index in [2.05, 4.69) is 16.7 Å². The lowest BCUT2D eigenvalue weighted by Crippen LogP contribution is -2.39. The zero-order valence-corrected chi connectivity index (χ0v) is 15.6. The Bertz CT molecular complexity index is 941. The first kappa shape index (κ1) is 17.7. The number of hydrogen-bond acceptors (Lipinski definition) is 3. The Morgan fingerprint density at radius 3 is 2.59 bits per heavy atom. The summed E-state index contributed by atoms with van der Waals surface area (Å²) < 4.78 is 2.10. The van der Waals surface area contributed by atoms with Crippen molar-refractivity contribution in [2.75, 3.05) is 19.7 Å². The maximum absolute atomic E-state index is 12.9. The summed E-state index contributed by atoms with van der Waals surface area (Å²) in [4.78, 5) is 19.5. The molecule has 0 aliphatic carbocycles. The van der Waals surface area contributed by atoms with Gasteiger partial charge in [-0.15, -0.1) is 0 Å². The molecular formula is C22H25N3O2. The number of imidazole rings is 1. The average molecular weight is 363 g/mol. The van der Waals surface area contributed by atoms with E-state index in [1.54, 1.807) is 0 Å². The smallest absolute Gasteiger partial charge is 0.253 e. The van der Waals surface area contributed by atoms with Gasteiger partial charge in [-0.05, 0) is 42.5 Å². The fourth-order valence-electron chi connectivity index (χ4n) is 3.82. The van der Waals surface area contributed by atoms with Crippen LogP contribution in [0.25, 0.3) is 11.0 Å². The van der Waals surface area contributed by atoms with Gasteiger partial charge in [0.15, 0.2) is 0 Å². The number of aliphatic hydroxyl groups is 1. The Morgan fingerprint density at radius 2 is 1.89 bits per heavy atom. The molecule has 1 amide bonds. The minimum absolute atomic E-state index is 0.0588. The molecule has 0 spiro atoms. The normalized spacial score (nSPS) is 15.4. The molecule has 140 valence electrons. The summed E-state index contributed by atoms with van der Waals surface area (Å²) >= 11 is 0. The third kappa shape index (κ3) is 3.60. The van der Waals surface area contributed by atoms with Crippen LogP contribution in [-0.4, -0.2) is 45.2 Å². The minimum Gasteiger partial charge on any atom is -0.396 e. The molecule has 0 radical (unpaired) electrons. The van der Waals surface area contributed by atoms with Gasteiger partial charge in [0, 0.05) is 38.7 Å². The van der Waals surface area contributed by atoms with Crippen LogP contribution in [0.15, 0.2) is 48.5 Å². The van der Waals surface area contributed by atoms with E-state index in [1.807, 2.05) is 48.3 Å². The molecule has 1 aliphatic heterocycles. The number of likely N-dealkylation sites (tertiary alicyclic amines) is 1. The lowest BCUT2D eigenvalue weighted by Gasteiger charge is -2.31. The first-order valence-electron chi connectivity index (χ1n) is 9.55. The van der Waals surface area contributed by atoms with E-state index in [-0.39, 0.29) is 12.5 Å². The molecule has 5 heteroatoms. The molecule has 1 aromatic heterocycles. The van der Waals surface area contributed by atoms with Crippen molar-refractivity contribution >= 4 is 16.9 Å².